The van der Waals surface area contributed by atoms with Gasteiger partial charge in [-0.3, -0.25) is 4.90 Å². The van der Waals surface area contributed by atoms with Crippen molar-refractivity contribution in [3.05, 3.63) is 0 Å². The van der Waals surface area contributed by atoms with Gasteiger partial charge in [-0.25, -0.2) is 8.78 Å². The van der Waals surface area contributed by atoms with Crippen LogP contribution in [0, 0.1) is 0 Å². The molecule has 11 heavy (non-hydrogen) atoms. The van der Waals surface area contributed by atoms with Crippen molar-refractivity contribution < 1.29 is 8.78 Å². The van der Waals surface area contributed by atoms with Crippen molar-refractivity contribution >= 4 is 0 Å². The quantitative estimate of drug-likeness (QED) is 0.650. The van der Waals surface area contributed by atoms with E-state index in [0.717, 1.165) is 0 Å². The maximum absolute atomic E-state index is 12.6. The van der Waals surface area contributed by atoms with Gasteiger partial charge in [0.05, 0.1) is 6.54 Å². The predicted molar refractivity (Wildman–Crippen MR) is 39.7 cm³/mol. The predicted octanol–water partition coefficient (Wildman–Crippen LogP) is 0.675. The third kappa shape index (κ3) is 2.71. The summed E-state index contributed by atoms with van der Waals surface area (Å²) >= 11 is 0. The lowest BCUT2D eigenvalue weighted by Crippen LogP contribution is -2.35. The van der Waals surface area contributed by atoms with E-state index < -0.39 is 5.92 Å². The van der Waals surface area contributed by atoms with Gasteiger partial charge < -0.3 is 5.73 Å². The highest BCUT2D eigenvalue weighted by Gasteiger charge is 2.37. The zero-order valence-corrected chi connectivity index (χ0v) is 6.69. The number of alkyl halides is 2. The summed E-state index contributed by atoms with van der Waals surface area (Å²) in [6.07, 6.45) is -0.0142. The zero-order chi connectivity index (χ0) is 8.48. The van der Waals surface area contributed by atoms with E-state index in [0.29, 0.717) is 13.1 Å². The van der Waals surface area contributed by atoms with E-state index in [1.165, 1.54) is 0 Å². The summed E-state index contributed by atoms with van der Waals surface area (Å²) in [5.74, 6) is -2.48. The van der Waals surface area contributed by atoms with Crippen molar-refractivity contribution in [3.8, 4) is 0 Å². The lowest BCUT2D eigenvalue weighted by Gasteiger charge is -2.17. The van der Waals surface area contributed by atoms with Crippen LogP contribution in [0.15, 0.2) is 0 Å². The smallest absolute Gasteiger partial charge is 0.261 e. The number of nitrogens with zero attached hydrogens (tertiary/aromatic N) is 1. The number of hydrogen-bond donors (Lipinski definition) is 1. The van der Waals surface area contributed by atoms with Crippen LogP contribution in [0.1, 0.15) is 13.3 Å². The maximum atomic E-state index is 12.6. The largest absolute Gasteiger partial charge is 0.327 e. The van der Waals surface area contributed by atoms with Crippen LogP contribution < -0.4 is 5.73 Å². The molecule has 0 amide bonds. The number of rotatable bonds is 2. The van der Waals surface area contributed by atoms with E-state index in [4.69, 9.17) is 5.73 Å². The average molecular weight is 164 g/mol. The lowest BCUT2D eigenvalue weighted by molar-refractivity contribution is 0.0119. The Kier molecular flexibility index (Phi) is 2.44. The molecule has 0 spiro atoms. The summed E-state index contributed by atoms with van der Waals surface area (Å²) in [6.45, 7) is 2.77. The summed E-state index contributed by atoms with van der Waals surface area (Å²) in [5.41, 5.74) is 5.47. The Bertz CT molecular complexity index is 136. The highest BCUT2D eigenvalue weighted by atomic mass is 19.3. The molecule has 0 bridgehead atoms. The zero-order valence-electron chi connectivity index (χ0n) is 6.69. The van der Waals surface area contributed by atoms with Gasteiger partial charge in [-0.1, -0.05) is 0 Å². The van der Waals surface area contributed by atoms with Crippen LogP contribution in [-0.4, -0.2) is 36.5 Å². The van der Waals surface area contributed by atoms with Crippen LogP contribution in [-0.2, 0) is 0 Å². The van der Waals surface area contributed by atoms with Gasteiger partial charge in [0.25, 0.3) is 5.92 Å². The molecule has 2 nitrogen and oxygen atoms in total. The van der Waals surface area contributed by atoms with Gasteiger partial charge in [0, 0.05) is 25.6 Å². The van der Waals surface area contributed by atoms with Crippen LogP contribution in [0.25, 0.3) is 0 Å². The first-order valence-corrected chi connectivity index (χ1v) is 3.85. The SMILES string of the molecule is C[C@@H](N)CN1CCC(F)(F)C1. The molecule has 0 unspecified atom stereocenters. The second-order valence-corrected chi connectivity index (χ2v) is 3.32. The molecule has 2 N–H and O–H groups in total. The minimum atomic E-state index is -2.48. The molecule has 0 aromatic rings. The first-order chi connectivity index (χ1) is 4.99. The third-order valence-corrected chi connectivity index (χ3v) is 1.79. The number of halogens is 2. The van der Waals surface area contributed by atoms with E-state index in [-0.39, 0.29) is 19.0 Å². The van der Waals surface area contributed by atoms with Crippen molar-refractivity contribution in [1.82, 2.24) is 4.90 Å². The van der Waals surface area contributed by atoms with Gasteiger partial charge in [-0.2, -0.15) is 0 Å². The van der Waals surface area contributed by atoms with E-state index in [1.54, 1.807) is 4.90 Å². The van der Waals surface area contributed by atoms with Gasteiger partial charge in [0.1, 0.15) is 0 Å². The third-order valence-electron chi connectivity index (χ3n) is 1.79. The summed E-state index contributed by atoms with van der Waals surface area (Å²) < 4.78 is 25.1. The lowest BCUT2D eigenvalue weighted by atomic mass is 10.3. The topological polar surface area (TPSA) is 29.3 Å². The van der Waals surface area contributed by atoms with Crippen LogP contribution >= 0.6 is 0 Å². The second kappa shape index (κ2) is 3.03. The summed E-state index contributed by atoms with van der Waals surface area (Å²) in [7, 11) is 0. The fraction of sp³-hybridized carbons (Fsp3) is 1.00. The van der Waals surface area contributed by atoms with Gasteiger partial charge >= 0.3 is 0 Å². The van der Waals surface area contributed by atoms with Gasteiger partial charge in [0.15, 0.2) is 0 Å². The number of nitrogens with two attached hydrogens (primary N) is 1. The summed E-state index contributed by atoms with van der Waals surface area (Å²) in [4.78, 5) is 1.71. The Morgan fingerprint density at radius 3 is 2.64 bits per heavy atom. The van der Waals surface area contributed by atoms with E-state index >= 15 is 0 Å². The van der Waals surface area contributed by atoms with E-state index in [2.05, 4.69) is 0 Å². The Hall–Kier alpha value is -0.220. The molecule has 0 aromatic heterocycles. The van der Waals surface area contributed by atoms with Crippen LogP contribution in [0.4, 0.5) is 8.78 Å². The molecule has 0 aliphatic carbocycles. The molecule has 0 saturated carbocycles. The summed E-state index contributed by atoms with van der Waals surface area (Å²) in [5, 5.41) is 0. The minimum absolute atomic E-state index is 0.0103. The standard InChI is InChI=1S/C7H14F2N2/c1-6(10)4-11-3-2-7(8,9)5-11/h6H,2-5,10H2,1H3/t6-/m1/s1. The summed E-state index contributed by atoms with van der Waals surface area (Å²) in [6, 6.07) is -0.0103. The highest BCUT2D eigenvalue weighted by Crippen LogP contribution is 2.26. The first-order valence-electron chi connectivity index (χ1n) is 3.85. The van der Waals surface area contributed by atoms with Crippen molar-refractivity contribution in [3.63, 3.8) is 0 Å². The Labute approximate surface area is 65.4 Å². The molecular weight excluding hydrogens is 150 g/mol. The normalized spacial score (nSPS) is 27.3. The number of hydrogen-bond acceptors (Lipinski definition) is 2. The van der Waals surface area contributed by atoms with E-state index in [1.807, 2.05) is 6.92 Å². The molecule has 1 saturated heterocycles. The fourth-order valence-electron chi connectivity index (χ4n) is 1.37. The van der Waals surface area contributed by atoms with Gasteiger partial charge in [-0.05, 0) is 6.92 Å². The van der Waals surface area contributed by atoms with Gasteiger partial charge in [0.2, 0.25) is 0 Å². The van der Waals surface area contributed by atoms with E-state index in [9.17, 15) is 8.78 Å². The average Bonchev–Trinajstić information content (AvgIpc) is 2.08. The minimum Gasteiger partial charge on any atom is -0.327 e. The van der Waals surface area contributed by atoms with Crippen molar-refractivity contribution in [1.29, 1.82) is 0 Å². The fourth-order valence-corrected chi connectivity index (χ4v) is 1.37. The Morgan fingerprint density at radius 2 is 2.27 bits per heavy atom. The van der Waals surface area contributed by atoms with Crippen LogP contribution in [0.2, 0.25) is 0 Å². The van der Waals surface area contributed by atoms with Crippen molar-refractivity contribution in [2.24, 2.45) is 5.73 Å². The molecule has 1 rings (SSSR count). The molecule has 1 aliphatic heterocycles. The van der Waals surface area contributed by atoms with Crippen LogP contribution in [0.3, 0.4) is 0 Å². The molecule has 1 aliphatic rings. The number of likely N-dealkylation sites (tertiary alicyclic amines) is 1. The molecule has 0 aromatic carbocycles. The Balaban J connectivity index is 2.31. The molecule has 66 valence electrons. The molecule has 1 heterocycles. The maximum Gasteiger partial charge on any atom is 0.261 e. The van der Waals surface area contributed by atoms with Gasteiger partial charge in [-0.15, -0.1) is 0 Å². The molecule has 4 heteroatoms. The highest BCUT2D eigenvalue weighted by molar-refractivity contribution is 4.82. The van der Waals surface area contributed by atoms with Crippen LogP contribution in [0.5, 0.6) is 0 Å². The molecule has 1 atom stereocenters. The molecular formula is C7H14F2N2. The van der Waals surface area contributed by atoms with Crippen molar-refractivity contribution in [2.75, 3.05) is 19.6 Å². The molecule has 1 fully saturated rings. The molecule has 0 radical (unpaired) electrons. The monoisotopic (exact) mass is 164 g/mol. The Morgan fingerprint density at radius 1 is 1.64 bits per heavy atom. The second-order valence-electron chi connectivity index (χ2n) is 3.32. The first kappa shape index (κ1) is 8.87. The van der Waals surface area contributed by atoms with Crippen molar-refractivity contribution in [2.45, 2.75) is 25.3 Å².